The molecule has 0 spiro atoms. The van der Waals surface area contributed by atoms with Crippen LogP contribution in [0.3, 0.4) is 0 Å². The van der Waals surface area contributed by atoms with Gasteiger partial charge in [0.1, 0.15) is 0 Å². The van der Waals surface area contributed by atoms with E-state index in [0.29, 0.717) is 5.56 Å². The molecule has 98 valence electrons. The first kappa shape index (κ1) is 13.6. The summed E-state index contributed by atoms with van der Waals surface area (Å²) in [6.07, 6.45) is 0.323. The van der Waals surface area contributed by atoms with E-state index in [1.54, 1.807) is 0 Å². The van der Waals surface area contributed by atoms with E-state index in [1.165, 1.54) is 0 Å². The zero-order valence-electron chi connectivity index (χ0n) is 11.0. The molecule has 0 fully saturated rings. The predicted molar refractivity (Wildman–Crippen MR) is 76.4 cm³/mol. The molecule has 18 heavy (non-hydrogen) atoms. The fourth-order valence-corrected chi connectivity index (χ4v) is 3.40. The molecule has 4 heteroatoms. The van der Waals surface area contributed by atoms with Gasteiger partial charge in [-0.25, -0.2) is 0 Å². The number of anilines is 1. The summed E-state index contributed by atoms with van der Waals surface area (Å²) >= 11 is 3.42. The van der Waals surface area contributed by atoms with Crippen molar-refractivity contribution in [3.63, 3.8) is 0 Å². The van der Waals surface area contributed by atoms with Gasteiger partial charge in [0, 0.05) is 21.6 Å². The molecule has 1 aliphatic heterocycles. The van der Waals surface area contributed by atoms with Crippen LogP contribution in [0.5, 0.6) is 0 Å². The average Bonchev–Trinajstić information content (AvgIpc) is 2.28. The summed E-state index contributed by atoms with van der Waals surface area (Å²) in [7, 11) is 0. The number of fused-ring (bicyclic) bond motifs is 1. The van der Waals surface area contributed by atoms with Crippen LogP contribution in [0.2, 0.25) is 0 Å². The molecule has 0 radical (unpaired) electrons. The lowest BCUT2D eigenvalue weighted by atomic mass is 9.76. The minimum atomic E-state index is -0.530. The molecule has 0 amide bonds. The third-order valence-electron chi connectivity index (χ3n) is 3.79. The number of nitrogens with one attached hydrogen (secondary N) is 1. The molecule has 1 heterocycles. The molecule has 1 aliphatic rings. The number of aldehydes is 1. The number of rotatable bonds is 1. The fraction of sp³-hybridized carbons (Fsp3) is 0.500. The molecule has 2 atom stereocenters. The number of carbonyl (C=O) groups excluding carboxylic acids is 1. The van der Waals surface area contributed by atoms with E-state index in [-0.39, 0.29) is 5.92 Å². The van der Waals surface area contributed by atoms with Crippen LogP contribution >= 0.6 is 15.9 Å². The molecule has 0 aromatic heterocycles. The molecule has 1 aromatic carbocycles. The molecule has 1 aromatic rings. The van der Waals surface area contributed by atoms with Gasteiger partial charge in [-0.2, -0.15) is 0 Å². The number of benzene rings is 1. The minimum absolute atomic E-state index is 0.0763. The largest absolute Gasteiger partial charge is 0.390 e. The second-order valence-corrected chi connectivity index (χ2v) is 6.43. The Morgan fingerprint density at radius 1 is 1.50 bits per heavy atom. The molecule has 2 unspecified atom stereocenters. The smallest absolute Gasteiger partial charge is 0.151 e. The van der Waals surface area contributed by atoms with Gasteiger partial charge < -0.3 is 10.4 Å². The number of carbonyl (C=O) groups is 1. The Kier molecular flexibility index (Phi) is 3.28. The lowest BCUT2D eigenvalue weighted by Crippen LogP contribution is -2.50. The molecule has 0 aliphatic carbocycles. The summed E-state index contributed by atoms with van der Waals surface area (Å²) in [6, 6.07) is 1.94. The van der Waals surface area contributed by atoms with E-state index in [2.05, 4.69) is 21.2 Å². The SMILES string of the molecule is Cc1cc(Br)c(C=O)c2c1NC(C)(C)C(O)C2C. The number of aliphatic hydroxyl groups is 1. The third kappa shape index (κ3) is 1.88. The normalized spacial score (nSPS) is 25.2. The topological polar surface area (TPSA) is 49.3 Å². The van der Waals surface area contributed by atoms with Gasteiger partial charge in [0.2, 0.25) is 0 Å². The quantitative estimate of drug-likeness (QED) is 0.783. The Hall–Kier alpha value is -0.870. The van der Waals surface area contributed by atoms with E-state index in [0.717, 1.165) is 27.6 Å². The van der Waals surface area contributed by atoms with Gasteiger partial charge in [-0.3, -0.25) is 4.79 Å². The summed E-state index contributed by atoms with van der Waals surface area (Å²) in [6.45, 7) is 7.91. The van der Waals surface area contributed by atoms with E-state index >= 15 is 0 Å². The van der Waals surface area contributed by atoms with E-state index in [4.69, 9.17) is 0 Å². The second-order valence-electron chi connectivity index (χ2n) is 5.58. The molecule has 0 saturated heterocycles. The van der Waals surface area contributed by atoms with Crippen LogP contribution in [0, 0.1) is 6.92 Å². The molecular weight excluding hydrogens is 294 g/mol. The Balaban J connectivity index is 2.74. The highest BCUT2D eigenvalue weighted by atomic mass is 79.9. The van der Waals surface area contributed by atoms with Crippen LogP contribution in [0.4, 0.5) is 5.69 Å². The monoisotopic (exact) mass is 311 g/mol. The molecule has 2 rings (SSSR count). The highest BCUT2D eigenvalue weighted by Crippen LogP contribution is 2.44. The maximum Gasteiger partial charge on any atom is 0.151 e. The Labute approximate surface area is 116 Å². The first-order valence-electron chi connectivity index (χ1n) is 6.04. The third-order valence-corrected chi connectivity index (χ3v) is 4.44. The van der Waals surface area contributed by atoms with Crippen molar-refractivity contribution in [3.05, 3.63) is 27.2 Å². The van der Waals surface area contributed by atoms with Gasteiger partial charge in [0.25, 0.3) is 0 Å². The van der Waals surface area contributed by atoms with Gasteiger partial charge in [-0.1, -0.05) is 22.9 Å². The van der Waals surface area contributed by atoms with Gasteiger partial charge in [-0.05, 0) is 38.0 Å². The molecule has 0 bridgehead atoms. The molecule has 3 nitrogen and oxygen atoms in total. The molecule has 2 N–H and O–H groups in total. The zero-order valence-corrected chi connectivity index (χ0v) is 12.6. The summed E-state index contributed by atoms with van der Waals surface area (Å²) in [5.74, 6) is -0.0763. The number of halogens is 1. The van der Waals surface area contributed by atoms with Gasteiger partial charge >= 0.3 is 0 Å². The average molecular weight is 312 g/mol. The van der Waals surface area contributed by atoms with Crippen molar-refractivity contribution in [2.24, 2.45) is 0 Å². The highest BCUT2D eigenvalue weighted by Gasteiger charge is 2.40. The highest BCUT2D eigenvalue weighted by molar-refractivity contribution is 9.10. The van der Waals surface area contributed by atoms with Crippen molar-refractivity contribution < 1.29 is 9.90 Å². The van der Waals surface area contributed by atoms with Crippen LogP contribution in [-0.2, 0) is 0 Å². The number of hydrogen-bond acceptors (Lipinski definition) is 3. The fourth-order valence-electron chi connectivity index (χ4n) is 2.75. The second kappa shape index (κ2) is 4.35. The van der Waals surface area contributed by atoms with Crippen molar-refractivity contribution in [2.75, 3.05) is 5.32 Å². The lowest BCUT2D eigenvalue weighted by Gasteiger charge is -2.43. The number of aliphatic hydroxyl groups excluding tert-OH is 1. The van der Waals surface area contributed by atoms with Gasteiger partial charge in [-0.15, -0.1) is 0 Å². The Morgan fingerprint density at radius 2 is 2.11 bits per heavy atom. The van der Waals surface area contributed by atoms with Crippen LogP contribution in [0.25, 0.3) is 0 Å². The first-order chi connectivity index (χ1) is 8.29. The zero-order chi connectivity index (χ0) is 13.7. The van der Waals surface area contributed by atoms with E-state index in [1.807, 2.05) is 33.8 Å². The number of hydrogen-bond donors (Lipinski definition) is 2. The summed E-state index contributed by atoms with van der Waals surface area (Å²) in [4.78, 5) is 11.3. The van der Waals surface area contributed by atoms with Crippen LogP contribution in [0.1, 0.15) is 48.2 Å². The van der Waals surface area contributed by atoms with Crippen molar-refractivity contribution >= 4 is 27.9 Å². The van der Waals surface area contributed by atoms with Crippen LogP contribution < -0.4 is 5.32 Å². The first-order valence-corrected chi connectivity index (χ1v) is 6.83. The minimum Gasteiger partial charge on any atom is -0.390 e. The summed E-state index contributed by atoms with van der Waals surface area (Å²) in [5.41, 5.74) is 3.19. The van der Waals surface area contributed by atoms with Crippen molar-refractivity contribution in [1.82, 2.24) is 0 Å². The summed E-state index contributed by atoms with van der Waals surface area (Å²) < 4.78 is 0.786. The lowest BCUT2D eigenvalue weighted by molar-refractivity contribution is 0.0862. The standard InChI is InChI=1S/C14H18BrNO2/c1-7-5-10(15)9(6-17)11-8(2)13(18)14(3,4)16-12(7)11/h5-6,8,13,16,18H,1-4H3. The van der Waals surface area contributed by atoms with Crippen LogP contribution in [0.15, 0.2) is 10.5 Å². The molecule has 0 saturated carbocycles. The Bertz CT molecular complexity index is 511. The van der Waals surface area contributed by atoms with Crippen molar-refractivity contribution in [1.29, 1.82) is 0 Å². The number of aryl methyl sites for hydroxylation is 1. The maximum atomic E-state index is 11.3. The summed E-state index contributed by atoms with van der Waals surface area (Å²) in [5, 5.41) is 13.7. The van der Waals surface area contributed by atoms with Gasteiger partial charge in [0.05, 0.1) is 11.6 Å². The van der Waals surface area contributed by atoms with Crippen LogP contribution in [-0.4, -0.2) is 23.0 Å². The van der Waals surface area contributed by atoms with Crippen molar-refractivity contribution in [2.45, 2.75) is 45.3 Å². The predicted octanol–water partition coefficient (Wildman–Crippen LogP) is 3.24. The van der Waals surface area contributed by atoms with E-state index in [9.17, 15) is 9.90 Å². The van der Waals surface area contributed by atoms with Crippen molar-refractivity contribution in [3.8, 4) is 0 Å². The Morgan fingerprint density at radius 3 is 2.67 bits per heavy atom. The maximum absolute atomic E-state index is 11.3. The van der Waals surface area contributed by atoms with Gasteiger partial charge in [0.15, 0.2) is 6.29 Å². The van der Waals surface area contributed by atoms with E-state index < -0.39 is 11.6 Å². The molecular formula is C14H18BrNO2.